The number of amides is 1. The first-order chi connectivity index (χ1) is 12.2. The topological polar surface area (TPSA) is 55.4 Å². The third-order valence-corrected chi connectivity index (χ3v) is 4.29. The molecule has 0 aliphatic carbocycles. The van der Waals surface area contributed by atoms with E-state index in [0.29, 0.717) is 17.1 Å². The number of hydrogen-bond donors (Lipinski definition) is 1. The molecule has 25 heavy (non-hydrogen) atoms. The Bertz CT molecular complexity index is 1000. The molecule has 0 saturated heterocycles. The molecule has 0 spiro atoms. The summed E-state index contributed by atoms with van der Waals surface area (Å²) in [5.41, 5.74) is 2.48. The van der Waals surface area contributed by atoms with Crippen LogP contribution in [0.5, 0.6) is 0 Å². The number of nitrogens with one attached hydrogen (secondary N) is 1. The Balaban J connectivity index is 1.70. The fraction of sp³-hybridized carbons (Fsp3) is 0.0952. The van der Waals surface area contributed by atoms with Crippen molar-refractivity contribution in [3.05, 3.63) is 95.6 Å². The third kappa shape index (κ3) is 2.83. The molecule has 1 atom stereocenters. The van der Waals surface area contributed by atoms with Crippen molar-refractivity contribution in [3.63, 3.8) is 0 Å². The van der Waals surface area contributed by atoms with Crippen LogP contribution in [0, 0.1) is 6.92 Å². The van der Waals surface area contributed by atoms with E-state index >= 15 is 0 Å². The lowest BCUT2D eigenvalue weighted by atomic mass is 10.0. The largest absolute Gasteiger partial charge is 0.467 e. The molecule has 4 aromatic rings. The Labute approximate surface area is 145 Å². The molecule has 0 bridgehead atoms. The SMILES string of the molecule is Cc1c(C(=O)NC(c2ccccc2)c2ccco2)oc2ccccc12. The van der Waals surface area contributed by atoms with Crippen molar-refractivity contribution in [2.45, 2.75) is 13.0 Å². The second-order valence-electron chi connectivity index (χ2n) is 5.88. The van der Waals surface area contributed by atoms with Gasteiger partial charge in [-0.1, -0.05) is 48.5 Å². The first-order valence-corrected chi connectivity index (χ1v) is 8.11. The van der Waals surface area contributed by atoms with Gasteiger partial charge in [0.1, 0.15) is 17.4 Å². The molecular weight excluding hydrogens is 314 g/mol. The molecule has 2 aromatic carbocycles. The van der Waals surface area contributed by atoms with Crippen molar-refractivity contribution in [2.24, 2.45) is 0 Å². The molecule has 1 amide bonds. The van der Waals surface area contributed by atoms with Gasteiger partial charge >= 0.3 is 0 Å². The summed E-state index contributed by atoms with van der Waals surface area (Å²) < 4.78 is 11.3. The van der Waals surface area contributed by atoms with Crippen molar-refractivity contribution in [1.29, 1.82) is 0 Å². The minimum atomic E-state index is -0.378. The lowest BCUT2D eigenvalue weighted by molar-refractivity contribution is 0.0912. The average molecular weight is 331 g/mol. The second kappa shape index (κ2) is 6.32. The molecule has 0 aliphatic rings. The van der Waals surface area contributed by atoms with Gasteiger partial charge in [-0.3, -0.25) is 4.79 Å². The predicted molar refractivity (Wildman–Crippen MR) is 95.4 cm³/mol. The Morgan fingerprint density at radius 2 is 1.72 bits per heavy atom. The van der Waals surface area contributed by atoms with Crippen molar-refractivity contribution in [2.75, 3.05) is 0 Å². The number of carbonyl (C=O) groups excluding carboxylic acids is 1. The van der Waals surface area contributed by atoms with E-state index in [1.807, 2.05) is 73.7 Å². The molecule has 0 radical (unpaired) electrons. The van der Waals surface area contributed by atoms with Gasteiger partial charge in [-0.15, -0.1) is 0 Å². The summed E-state index contributed by atoms with van der Waals surface area (Å²) in [5.74, 6) is 0.737. The van der Waals surface area contributed by atoms with Crippen LogP contribution in [0.25, 0.3) is 11.0 Å². The Kier molecular flexibility index (Phi) is 3.86. The maximum absolute atomic E-state index is 12.9. The highest BCUT2D eigenvalue weighted by molar-refractivity contribution is 5.99. The first kappa shape index (κ1) is 15.3. The van der Waals surface area contributed by atoms with Crippen LogP contribution in [0.4, 0.5) is 0 Å². The molecule has 4 rings (SSSR count). The number of carbonyl (C=O) groups is 1. The summed E-state index contributed by atoms with van der Waals surface area (Å²) in [7, 11) is 0. The van der Waals surface area contributed by atoms with E-state index in [4.69, 9.17) is 8.83 Å². The number of furan rings is 2. The summed E-state index contributed by atoms with van der Waals surface area (Å²) in [5, 5.41) is 3.97. The van der Waals surface area contributed by atoms with Crippen molar-refractivity contribution in [3.8, 4) is 0 Å². The van der Waals surface area contributed by atoms with Crippen molar-refractivity contribution < 1.29 is 13.6 Å². The summed E-state index contributed by atoms with van der Waals surface area (Å²) in [6, 6.07) is 20.6. The van der Waals surface area contributed by atoms with E-state index in [9.17, 15) is 4.79 Å². The maximum Gasteiger partial charge on any atom is 0.288 e. The van der Waals surface area contributed by atoms with Gasteiger partial charge in [0, 0.05) is 10.9 Å². The zero-order valence-electron chi connectivity index (χ0n) is 13.7. The summed E-state index contributed by atoms with van der Waals surface area (Å²) >= 11 is 0. The van der Waals surface area contributed by atoms with Gasteiger partial charge in [0.05, 0.1) is 6.26 Å². The van der Waals surface area contributed by atoms with Crippen LogP contribution in [0.2, 0.25) is 0 Å². The van der Waals surface area contributed by atoms with Crippen molar-refractivity contribution >= 4 is 16.9 Å². The quantitative estimate of drug-likeness (QED) is 0.581. The number of rotatable bonds is 4. The van der Waals surface area contributed by atoms with Gasteiger partial charge in [-0.05, 0) is 30.7 Å². The van der Waals surface area contributed by atoms with Gasteiger partial charge < -0.3 is 14.2 Å². The first-order valence-electron chi connectivity index (χ1n) is 8.11. The highest BCUT2D eigenvalue weighted by Gasteiger charge is 2.24. The van der Waals surface area contributed by atoms with Crippen LogP contribution >= 0.6 is 0 Å². The summed E-state index contributed by atoms with van der Waals surface area (Å²) in [6.45, 7) is 1.89. The summed E-state index contributed by atoms with van der Waals surface area (Å²) in [6.07, 6.45) is 1.60. The van der Waals surface area contributed by atoms with Crippen molar-refractivity contribution in [1.82, 2.24) is 5.32 Å². The molecule has 0 fully saturated rings. The zero-order chi connectivity index (χ0) is 17.2. The predicted octanol–water partition coefficient (Wildman–Crippen LogP) is 4.85. The highest BCUT2D eigenvalue weighted by atomic mass is 16.3. The molecular formula is C21H17NO3. The van der Waals surface area contributed by atoms with Crippen LogP contribution < -0.4 is 5.32 Å². The number of fused-ring (bicyclic) bond motifs is 1. The van der Waals surface area contributed by atoms with Crippen LogP contribution in [-0.2, 0) is 0 Å². The van der Waals surface area contributed by atoms with Crippen LogP contribution in [0.1, 0.15) is 33.5 Å². The number of hydrogen-bond acceptors (Lipinski definition) is 3. The fourth-order valence-corrected chi connectivity index (χ4v) is 3.01. The highest BCUT2D eigenvalue weighted by Crippen LogP contribution is 2.27. The van der Waals surface area contributed by atoms with Gasteiger partial charge in [0.2, 0.25) is 0 Å². The van der Waals surface area contributed by atoms with Crippen LogP contribution in [0.3, 0.4) is 0 Å². The number of benzene rings is 2. The number of para-hydroxylation sites is 1. The maximum atomic E-state index is 12.9. The Hall–Kier alpha value is -3.27. The smallest absolute Gasteiger partial charge is 0.288 e. The third-order valence-electron chi connectivity index (χ3n) is 4.29. The van der Waals surface area contributed by atoms with E-state index in [1.54, 1.807) is 6.26 Å². The molecule has 2 heterocycles. The molecule has 124 valence electrons. The molecule has 4 heteroatoms. The van der Waals surface area contributed by atoms with E-state index in [2.05, 4.69) is 5.32 Å². The Morgan fingerprint density at radius 3 is 2.44 bits per heavy atom. The standard InChI is InChI=1S/C21H17NO3/c1-14-16-10-5-6-11-17(16)25-20(14)21(23)22-19(18-12-7-13-24-18)15-8-3-2-4-9-15/h2-13,19H,1H3,(H,22,23). The zero-order valence-corrected chi connectivity index (χ0v) is 13.7. The van der Waals surface area contributed by atoms with E-state index in [1.165, 1.54) is 0 Å². The minimum absolute atomic E-state index is 0.265. The van der Waals surface area contributed by atoms with E-state index < -0.39 is 0 Å². The van der Waals surface area contributed by atoms with Gasteiger partial charge in [-0.2, -0.15) is 0 Å². The molecule has 1 unspecified atom stereocenters. The summed E-state index contributed by atoms with van der Waals surface area (Å²) in [4.78, 5) is 12.9. The molecule has 1 N–H and O–H groups in total. The lowest BCUT2D eigenvalue weighted by Crippen LogP contribution is -2.29. The fourth-order valence-electron chi connectivity index (χ4n) is 3.01. The average Bonchev–Trinajstić information content (AvgIpc) is 3.29. The number of aryl methyl sites for hydroxylation is 1. The molecule has 0 aliphatic heterocycles. The molecule has 4 nitrogen and oxygen atoms in total. The normalized spacial score (nSPS) is 12.2. The lowest BCUT2D eigenvalue weighted by Gasteiger charge is -2.16. The minimum Gasteiger partial charge on any atom is -0.467 e. The van der Waals surface area contributed by atoms with E-state index in [0.717, 1.165) is 16.5 Å². The van der Waals surface area contributed by atoms with Crippen LogP contribution in [0.15, 0.2) is 81.8 Å². The van der Waals surface area contributed by atoms with Gasteiger partial charge in [-0.25, -0.2) is 0 Å². The van der Waals surface area contributed by atoms with Gasteiger partial charge in [0.15, 0.2) is 5.76 Å². The van der Waals surface area contributed by atoms with Crippen LogP contribution in [-0.4, -0.2) is 5.91 Å². The monoisotopic (exact) mass is 331 g/mol. The molecule has 2 aromatic heterocycles. The Morgan fingerprint density at radius 1 is 0.960 bits per heavy atom. The molecule has 0 saturated carbocycles. The van der Waals surface area contributed by atoms with E-state index in [-0.39, 0.29) is 11.9 Å². The second-order valence-corrected chi connectivity index (χ2v) is 5.88. The van der Waals surface area contributed by atoms with Gasteiger partial charge in [0.25, 0.3) is 5.91 Å².